The van der Waals surface area contributed by atoms with E-state index in [1.807, 2.05) is 6.92 Å². The van der Waals surface area contributed by atoms with Gasteiger partial charge in [0.1, 0.15) is 0 Å². The first-order valence-corrected chi connectivity index (χ1v) is 6.07. The highest BCUT2D eigenvalue weighted by Gasteiger charge is 2.10. The Balaban J connectivity index is 2.81. The van der Waals surface area contributed by atoms with Gasteiger partial charge in [-0.2, -0.15) is 4.98 Å². The van der Waals surface area contributed by atoms with Gasteiger partial charge >= 0.3 is 0 Å². The molecule has 2 N–H and O–H groups in total. The molecular formula is C12H22N4O. The summed E-state index contributed by atoms with van der Waals surface area (Å²) in [5, 5.41) is 0. The van der Waals surface area contributed by atoms with Crippen molar-refractivity contribution in [3.05, 3.63) is 12.4 Å². The van der Waals surface area contributed by atoms with Gasteiger partial charge in [0, 0.05) is 19.6 Å². The highest BCUT2D eigenvalue weighted by molar-refractivity contribution is 5.37. The lowest BCUT2D eigenvalue weighted by molar-refractivity contribution is 0.325. The van der Waals surface area contributed by atoms with Gasteiger partial charge in [-0.25, -0.2) is 0 Å². The van der Waals surface area contributed by atoms with Crippen LogP contribution in [0.1, 0.15) is 20.8 Å². The Hall–Kier alpha value is -1.36. The molecule has 0 atom stereocenters. The maximum atomic E-state index is 5.62. The summed E-state index contributed by atoms with van der Waals surface area (Å²) in [6, 6.07) is 0. The van der Waals surface area contributed by atoms with Gasteiger partial charge in [0.25, 0.3) is 0 Å². The van der Waals surface area contributed by atoms with Gasteiger partial charge in [-0.05, 0) is 12.8 Å². The van der Waals surface area contributed by atoms with Gasteiger partial charge in [0.05, 0.1) is 19.0 Å². The van der Waals surface area contributed by atoms with Crippen molar-refractivity contribution in [1.82, 2.24) is 9.97 Å². The first-order valence-electron chi connectivity index (χ1n) is 6.07. The lowest BCUT2D eigenvalue weighted by Gasteiger charge is -2.24. The topological polar surface area (TPSA) is 64.3 Å². The van der Waals surface area contributed by atoms with E-state index in [1.54, 1.807) is 12.4 Å². The monoisotopic (exact) mass is 238 g/mol. The zero-order valence-electron chi connectivity index (χ0n) is 10.9. The second-order valence-electron chi connectivity index (χ2n) is 4.28. The minimum Gasteiger partial charge on any atom is -0.477 e. The number of hydrogen-bond donors (Lipinski definition) is 1. The Labute approximate surface area is 103 Å². The van der Waals surface area contributed by atoms with Gasteiger partial charge in [0.15, 0.2) is 5.82 Å². The zero-order chi connectivity index (χ0) is 12.7. The SMILES string of the molecule is CCOc1cncc(N(CCN)CC(C)C)n1. The Morgan fingerprint density at radius 2 is 2.18 bits per heavy atom. The van der Waals surface area contributed by atoms with Crippen LogP contribution in [0.4, 0.5) is 5.82 Å². The molecule has 1 aromatic heterocycles. The minimum absolute atomic E-state index is 0.555. The van der Waals surface area contributed by atoms with E-state index in [-0.39, 0.29) is 0 Å². The van der Waals surface area contributed by atoms with Gasteiger partial charge in [-0.3, -0.25) is 4.98 Å². The number of hydrogen-bond acceptors (Lipinski definition) is 5. The van der Waals surface area contributed by atoms with Crippen molar-refractivity contribution >= 4 is 5.82 Å². The van der Waals surface area contributed by atoms with E-state index >= 15 is 0 Å². The third-order valence-corrected chi connectivity index (χ3v) is 2.20. The molecule has 96 valence electrons. The molecule has 1 aromatic rings. The summed E-state index contributed by atoms with van der Waals surface area (Å²) in [7, 11) is 0. The van der Waals surface area contributed by atoms with Gasteiger partial charge in [-0.1, -0.05) is 13.8 Å². The average Bonchev–Trinajstić information content (AvgIpc) is 2.29. The van der Waals surface area contributed by atoms with Crippen LogP contribution < -0.4 is 15.4 Å². The van der Waals surface area contributed by atoms with Crippen molar-refractivity contribution in [2.45, 2.75) is 20.8 Å². The number of aromatic nitrogens is 2. The zero-order valence-corrected chi connectivity index (χ0v) is 10.9. The molecular weight excluding hydrogens is 216 g/mol. The van der Waals surface area contributed by atoms with Crippen molar-refractivity contribution in [3.8, 4) is 5.88 Å². The summed E-state index contributed by atoms with van der Waals surface area (Å²) in [6.45, 7) is 9.17. The molecule has 0 saturated heterocycles. The second kappa shape index (κ2) is 7.06. The van der Waals surface area contributed by atoms with Crippen LogP contribution in [-0.2, 0) is 0 Å². The van der Waals surface area contributed by atoms with E-state index in [1.165, 1.54) is 0 Å². The van der Waals surface area contributed by atoms with Crippen LogP contribution in [0, 0.1) is 5.92 Å². The first kappa shape index (κ1) is 13.7. The maximum Gasteiger partial charge on any atom is 0.234 e. The van der Waals surface area contributed by atoms with Crippen molar-refractivity contribution in [2.75, 3.05) is 31.1 Å². The lowest BCUT2D eigenvalue weighted by Crippen LogP contribution is -2.33. The predicted octanol–water partition coefficient (Wildman–Crippen LogP) is 1.30. The van der Waals surface area contributed by atoms with Crippen LogP contribution in [0.25, 0.3) is 0 Å². The predicted molar refractivity (Wildman–Crippen MR) is 69.3 cm³/mol. The normalized spacial score (nSPS) is 10.6. The standard InChI is InChI=1S/C12H22N4O/c1-4-17-12-8-14-7-11(15-12)16(6-5-13)9-10(2)3/h7-8,10H,4-6,9,13H2,1-3H3. The molecule has 0 bridgehead atoms. The number of rotatable bonds is 7. The largest absolute Gasteiger partial charge is 0.477 e. The van der Waals surface area contributed by atoms with Gasteiger partial charge < -0.3 is 15.4 Å². The molecule has 0 saturated carbocycles. The minimum atomic E-state index is 0.555. The third kappa shape index (κ3) is 4.56. The fraction of sp³-hybridized carbons (Fsp3) is 0.667. The highest BCUT2D eigenvalue weighted by atomic mass is 16.5. The molecule has 0 aromatic carbocycles. The Kier molecular flexibility index (Phi) is 5.69. The number of nitrogens with zero attached hydrogens (tertiary/aromatic N) is 3. The van der Waals surface area contributed by atoms with E-state index in [2.05, 4.69) is 28.7 Å². The van der Waals surface area contributed by atoms with Gasteiger partial charge in [-0.15, -0.1) is 0 Å². The van der Waals surface area contributed by atoms with Crippen LogP contribution in [-0.4, -0.2) is 36.2 Å². The van der Waals surface area contributed by atoms with Crippen LogP contribution in [0.5, 0.6) is 5.88 Å². The Morgan fingerprint density at radius 3 is 2.76 bits per heavy atom. The average molecular weight is 238 g/mol. The molecule has 5 nitrogen and oxygen atoms in total. The summed E-state index contributed by atoms with van der Waals surface area (Å²) in [4.78, 5) is 10.7. The van der Waals surface area contributed by atoms with E-state index in [4.69, 9.17) is 10.5 Å². The maximum absolute atomic E-state index is 5.62. The van der Waals surface area contributed by atoms with Crippen molar-refractivity contribution < 1.29 is 4.74 Å². The third-order valence-electron chi connectivity index (χ3n) is 2.20. The summed E-state index contributed by atoms with van der Waals surface area (Å²) in [6.07, 6.45) is 3.38. The molecule has 1 rings (SSSR count). The lowest BCUT2D eigenvalue weighted by atomic mass is 10.2. The second-order valence-corrected chi connectivity index (χ2v) is 4.28. The number of nitrogens with two attached hydrogens (primary N) is 1. The molecule has 0 unspecified atom stereocenters. The molecule has 0 spiro atoms. The van der Waals surface area contributed by atoms with Crippen LogP contribution in [0.3, 0.4) is 0 Å². The first-order chi connectivity index (χ1) is 8.17. The molecule has 0 aliphatic rings. The van der Waals surface area contributed by atoms with E-state index in [0.717, 1.165) is 18.9 Å². The molecule has 17 heavy (non-hydrogen) atoms. The number of anilines is 1. The van der Waals surface area contributed by atoms with E-state index in [0.29, 0.717) is 24.9 Å². The number of ether oxygens (including phenoxy) is 1. The van der Waals surface area contributed by atoms with Crippen LogP contribution >= 0.6 is 0 Å². The van der Waals surface area contributed by atoms with Crippen molar-refractivity contribution in [2.24, 2.45) is 11.7 Å². The summed E-state index contributed by atoms with van der Waals surface area (Å²) >= 11 is 0. The molecule has 0 aliphatic carbocycles. The van der Waals surface area contributed by atoms with E-state index < -0.39 is 0 Å². The molecule has 0 aliphatic heterocycles. The fourth-order valence-electron chi connectivity index (χ4n) is 1.60. The molecule has 0 radical (unpaired) electrons. The molecule has 0 amide bonds. The Bertz CT molecular complexity index is 330. The van der Waals surface area contributed by atoms with Crippen molar-refractivity contribution in [3.63, 3.8) is 0 Å². The highest BCUT2D eigenvalue weighted by Crippen LogP contribution is 2.15. The summed E-state index contributed by atoms with van der Waals surface area (Å²) in [5.74, 6) is 1.95. The van der Waals surface area contributed by atoms with Crippen LogP contribution in [0.2, 0.25) is 0 Å². The molecule has 5 heteroatoms. The molecule has 0 fully saturated rings. The fourth-order valence-corrected chi connectivity index (χ4v) is 1.60. The van der Waals surface area contributed by atoms with E-state index in [9.17, 15) is 0 Å². The van der Waals surface area contributed by atoms with Crippen LogP contribution in [0.15, 0.2) is 12.4 Å². The Morgan fingerprint density at radius 1 is 1.41 bits per heavy atom. The van der Waals surface area contributed by atoms with Crippen molar-refractivity contribution in [1.29, 1.82) is 0 Å². The summed E-state index contributed by atoms with van der Waals surface area (Å²) < 4.78 is 5.35. The summed E-state index contributed by atoms with van der Waals surface area (Å²) in [5.41, 5.74) is 5.62. The van der Waals surface area contributed by atoms with Gasteiger partial charge in [0.2, 0.25) is 5.88 Å². The molecule has 1 heterocycles. The smallest absolute Gasteiger partial charge is 0.234 e. The quantitative estimate of drug-likeness (QED) is 0.775.